The Bertz CT molecular complexity index is 523. The van der Waals surface area contributed by atoms with Gasteiger partial charge in [-0.25, -0.2) is 0 Å². The molecule has 0 aliphatic heterocycles. The molecule has 1 aromatic heterocycles. The second kappa shape index (κ2) is 5.57. The highest BCUT2D eigenvalue weighted by Gasteiger charge is 2.11. The highest BCUT2D eigenvalue weighted by molar-refractivity contribution is 5.85. The van der Waals surface area contributed by atoms with Crippen LogP contribution in [0.1, 0.15) is 44.2 Å². The van der Waals surface area contributed by atoms with E-state index in [2.05, 4.69) is 49.7 Å². The fourth-order valence-electron chi connectivity index (χ4n) is 2.50. The first-order valence-corrected chi connectivity index (χ1v) is 6.99. The average Bonchev–Trinajstić information content (AvgIpc) is 2.74. The van der Waals surface area contributed by atoms with Crippen LogP contribution in [-0.4, -0.2) is 11.1 Å². The van der Waals surface area contributed by atoms with Crippen molar-refractivity contribution in [3.05, 3.63) is 35.5 Å². The average molecular weight is 244 g/mol. The van der Waals surface area contributed by atoms with Gasteiger partial charge in [-0.2, -0.15) is 0 Å². The lowest BCUT2D eigenvalue weighted by Crippen LogP contribution is -2.04. The number of fused-ring (bicyclic) bond motifs is 1. The molecule has 2 rings (SSSR count). The van der Waals surface area contributed by atoms with E-state index in [4.69, 9.17) is 5.73 Å². The fraction of sp³-hybridized carbons (Fsp3) is 0.500. The highest BCUT2D eigenvalue weighted by atomic mass is 15.0. The molecule has 0 fully saturated rings. The molecule has 98 valence electrons. The standard InChI is InChI=1S/C16H24N2/c1-4-13-6-7-16-14(10-13)15(12(2)3)11-18(16)9-5-8-17/h6-7,10-12H,4-5,8-9,17H2,1-3H3. The van der Waals surface area contributed by atoms with E-state index in [1.165, 1.54) is 22.0 Å². The second-order valence-corrected chi connectivity index (χ2v) is 5.28. The van der Waals surface area contributed by atoms with E-state index < -0.39 is 0 Å². The Labute approximate surface area is 110 Å². The van der Waals surface area contributed by atoms with Crippen LogP contribution in [0.3, 0.4) is 0 Å². The van der Waals surface area contributed by atoms with Crippen molar-refractivity contribution in [1.29, 1.82) is 0 Å². The minimum atomic E-state index is 0.568. The zero-order valence-electron chi connectivity index (χ0n) is 11.7. The molecule has 2 aromatic rings. The predicted molar refractivity (Wildman–Crippen MR) is 79.1 cm³/mol. The zero-order chi connectivity index (χ0) is 13.1. The van der Waals surface area contributed by atoms with Gasteiger partial charge in [-0.15, -0.1) is 0 Å². The van der Waals surface area contributed by atoms with Crippen molar-refractivity contribution in [3.8, 4) is 0 Å². The first-order chi connectivity index (χ1) is 8.67. The van der Waals surface area contributed by atoms with Crippen molar-refractivity contribution >= 4 is 10.9 Å². The van der Waals surface area contributed by atoms with Crippen LogP contribution in [-0.2, 0) is 13.0 Å². The monoisotopic (exact) mass is 244 g/mol. The minimum absolute atomic E-state index is 0.568. The first-order valence-electron chi connectivity index (χ1n) is 6.99. The van der Waals surface area contributed by atoms with Crippen LogP contribution in [0.5, 0.6) is 0 Å². The van der Waals surface area contributed by atoms with Gasteiger partial charge < -0.3 is 10.3 Å². The minimum Gasteiger partial charge on any atom is -0.347 e. The second-order valence-electron chi connectivity index (χ2n) is 5.28. The van der Waals surface area contributed by atoms with Gasteiger partial charge in [0.1, 0.15) is 0 Å². The predicted octanol–water partition coefficient (Wildman–Crippen LogP) is 3.68. The number of hydrogen-bond donors (Lipinski definition) is 1. The molecule has 2 N–H and O–H groups in total. The summed E-state index contributed by atoms with van der Waals surface area (Å²) in [7, 11) is 0. The molecule has 0 atom stereocenters. The Morgan fingerprint density at radius 3 is 2.67 bits per heavy atom. The Morgan fingerprint density at radius 2 is 2.06 bits per heavy atom. The molecule has 1 aromatic carbocycles. The van der Waals surface area contributed by atoms with Crippen LogP contribution >= 0.6 is 0 Å². The molecule has 0 aliphatic carbocycles. The molecule has 0 unspecified atom stereocenters. The summed E-state index contributed by atoms with van der Waals surface area (Å²) in [6.07, 6.45) is 4.45. The van der Waals surface area contributed by atoms with Crippen LogP contribution in [0.25, 0.3) is 10.9 Å². The smallest absolute Gasteiger partial charge is 0.0483 e. The van der Waals surface area contributed by atoms with Crippen LogP contribution in [0.2, 0.25) is 0 Å². The summed E-state index contributed by atoms with van der Waals surface area (Å²) >= 11 is 0. The molecule has 18 heavy (non-hydrogen) atoms. The third-order valence-corrected chi connectivity index (χ3v) is 3.61. The van der Waals surface area contributed by atoms with Gasteiger partial charge in [0, 0.05) is 23.6 Å². The van der Waals surface area contributed by atoms with Crippen molar-refractivity contribution in [1.82, 2.24) is 4.57 Å². The van der Waals surface area contributed by atoms with E-state index in [1.54, 1.807) is 0 Å². The summed E-state index contributed by atoms with van der Waals surface area (Å²) in [6, 6.07) is 6.85. The van der Waals surface area contributed by atoms with E-state index >= 15 is 0 Å². The number of nitrogens with zero attached hydrogens (tertiary/aromatic N) is 1. The molecule has 0 saturated carbocycles. The topological polar surface area (TPSA) is 30.9 Å². The van der Waals surface area contributed by atoms with Crippen LogP contribution in [0.15, 0.2) is 24.4 Å². The highest BCUT2D eigenvalue weighted by Crippen LogP contribution is 2.28. The molecular formula is C16H24N2. The maximum Gasteiger partial charge on any atom is 0.0483 e. The molecule has 2 nitrogen and oxygen atoms in total. The first kappa shape index (κ1) is 13.2. The Hall–Kier alpha value is -1.28. The van der Waals surface area contributed by atoms with Crippen LogP contribution in [0, 0.1) is 0 Å². The van der Waals surface area contributed by atoms with Crippen molar-refractivity contribution in [3.63, 3.8) is 0 Å². The lowest BCUT2D eigenvalue weighted by molar-refractivity contribution is 0.666. The van der Waals surface area contributed by atoms with Gasteiger partial charge in [0.15, 0.2) is 0 Å². The number of hydrogen-bond acceptors (Lipinski definition) is 1. The van der Waals surface area contributed by atoms with Crippen molar-refractivity contribution in [2.75, 3.05) is 6.54 Å². The summed E-state index contributed by atoms with van der Waals surface area (Å²) < 4.78 is 2.36. The van der Waals surface area contributed by atoms with Gasteiger partial charge in [-0.05, 0) is 48.6 Å². The quantitative estimate of drug-likeness (QED) is 0.854. The molecule has 0 spiro atoms. The van der Waals surface area contributed by atoms with Crippen molar-refractivity contribution in [2.24, 2.45) is 5.73 Å². The Morgan fingerprint density at radius 1 is 1.28 bits per heavy atom. The molecular weight excluding hydrogens is 220 g/mol. The van der Waals surface area contributed by atoms with E-state index in [-0.39, 0.29) is 0 Å². The van der Waals surface area contributed by atoms with Gasteiger partial charge in [0.05, 0.1) is 0 Å². The van der Waals surface area contributed by atoms with Gasteiger partial charge in [0.2, 0.25) is 0 Å². The number of nitrogens with two attached hydrogens (primary N) is 1. The number of rotatable bonds is 5. The van der Waals surface area contributed by atoms with Gasteiger partial charge in [0.25, 0.3) is 0 Å². The lowest BCUT2D eigenvalue weighted by atomic mass is 10.0. The van der Waals surface area contributed by atoms with Crippen LogP contribution < -0.4 is 5.73 Å². The summed E-state index contributed by atoms with van der Waals surface area (Å²) in [5.41, 5.74) is 9.84. The van der Waals surface area contributed by atoms with Crippen LogP contribution in [0.4, 0.5) is 0 Å². The summed E-state index contributed by atoms with van der Waals surface area (Å²) in [4.78, 5) is 0. The summed E-state index contributed by atoms with van der Waals surface area (Å²) in [5.74, 6) is 0.568. The van der Waals surface area contributed by atoms with E-state index in [0.717, 1.165) is 25.9 Å². The number of aryl methyl sites for hydroxylation is 2. The maximum atomic E-state index is 5.62. The SMILES string of the molecule is CCc1ccc2c(c1)c(C(C)C)cn2CCCN. The molecule has 2 heteroatoms. The largest absolute Gasteiger partial charge is 0.347 e. The normalized spacial score (nSPS) is 11.6. The molecule has 0 radical (unpaired) electrons. The lowest BCUT2D eigenvalue weighted by Gasteiger charge is -2.04. The molecule has 0 saturated heterocycles. The summed E-state index contributed by atoms with van der Waals surface area (Å²) in [5, 5.41) is 1.42. The third-order valence-electron chi connectivity index (χ3n) is 3.61. The van der Waals surface area contributed by atoms with E-state index in [9.17, 15) is 0 Å². The molecule has 0 amide bonds. The third kappa shape index (κ3) is 2.44. The van der Waals surface area contributed by atoms with Gasteiger partial charge in [-0.1, -0.05) is 26.8 Å². The summed E-state index contributed by atoms with van der Waals surface area (Å²) in [6.45, 7) is 8.51. The number of benzene rings is 1. The maximum absolute atomic E-state index is 5.62. The number of aromatic nitrogens is 1. The van der Waals surface area contributed by atoms with Gasteiger partial charge in [-0.3, -0.25) is 0 Å². The Balaban J connectivity index is 2.53. The zero-order valence-corrected chi connectivity index (χ0v) is 11.7. The van der Waals surface area contributed by atoms with E-state index in [1.807, 2.05) is 0 Å². The van der Waals surface area contributed by atoms with Gasteiger partial charge >= 0.3 is 0 Å². The Kier molecular flexibility index (Phi) is 4.07. The molecule has 1 heterocycles. The van der Waals surface area contributed by atoms with Crippen molar-refractivity contribution < 1.29 is 0 Å². The molecule has 0 bridgehead atoms. The van der Waals surface area contributed by atoms with E-state index in [0.29, 0.717) is 5.92 Å². The van der Waals surface area contributed by atoms with Crippen molar-refractivity contribution in [2.45, 2.75) is 46.1 Å². The molecule has 0 aliphatic rings. The fourth-order valence-corrected chi connectivity index (χ4v) is 2.50.